The molecule has 188 valence electrons. The Morgan fingerprint density at radius 1 is 0.750 bits per heavy atom. The molecule has 32 heavy (non-hydrogen) atoms. The van der Waals surface area contributed by atoms with Crippen molar-refractivity contribution in [3.8, 4) is 5.75 Å². The van der Waals surface area contributed by atoms with E-state index < -0.39 is 5.97 Å². The minimum Gasteiger partial charge on any atom is -0.508 e. The molecule has 0 aliphatic carbocycles. The third-order valence-corrected chi connectivity index (χ3v) is 5.14. The Morgan fingerprint density at radius 3 is 1.34 bits per heavy atom. The van der Waals surface area contributed by atoms with E-state index in [1.54, 1.807) is 31.3 Å². The highest BCUT2D eigenvalue weighted by Crippen LogP contribution is 2.13. The average Bonchev–Trinajstić information content (AvgIpc) is 2.78. The van der Waals surface area contributed by atoms with Crippen molar-refractivity contribution >= 4 is 5.97 Å². The van der Waals surface area contributed by atoms with Crippen LogP contribution in [0.4, 0.5) is 0 Å². The SMILES string of the molecule is CCCCCCCCCCCCCCCCCCN.CNCC(=O)O.Oc1ccccc1. The summed E-state index contributed by atoms with van der Waals surface area (Å²) in [6.45, 7) is 3.21. The van der Waals surface area contributed by atoms with Gasteiger partial charge in [0.15, 0.2) is 0 Å². The normalized spacial score (nSPS) is 9.97. The fraction of sp³-hybridized carbons (Fsp3) is 0.741. The zero-order valence-corrected chi connectivity index (χ0v) is 21.0. The predicted molar refractivity (Wildman–Crippen MR) is 138 cm³/mol. The van der Waals surface area contributed by atoms with E-state index in [1.165, 1.54) is 103 Å². The monoisotopic (exact) mass is 452 g/mol. The van der Waals surface area contributed by atoms with Gasteiger partial charge in [0.2, 0.25) is 0 Å². The lowest BCUT2D eigenvalue weighted by Crippen LogP contribution is -2.16. The third-order valence-electron chi connectivity index (χ3n) is 5.14. The van der Waals surface area contributed by atoms with E-state index >= 15 is 0 Å². The number of rotatable bonds is 18. The quantitative estimate of drug-likeness (QED) is 0.182. The molecule has 0 saturated carbocycles. The number of aliphatic carboxylic acids is 1. The molecule has 0 radical (unpaired) electrons. The lowest BCUT2D eigenvalue weighted by molar-refractivity contribution is -0.135. The molecule has 1 rings (SSSR count). The summed E-state index contributed by atoms with van der Waals surface area (Å²) in [6.07, 6.45) is 22.9. The number of phenolic OH excluding ortho intramolecular Hbond substituents is 1. The topological polar surface area (TPSA) is 95.6 Å². The van der Waals surface area contributed by atoms with Gasteiger partial charge in [-0.3, -0.25) is 4.79 Å². The van der Waals surface area contributed by atoms with E-state index in [9.17, 15) is 4.79 Å². The number of likely N-dealkylation sites (N-methyl/N-ethyl adjacent to an activating group) is 1. The second-order valence-electron chi connectivity index (χ2n) is 8.35. The lowest BCUT2D eigenvalue weighted by Gasteiger charge is -2.03. The van der Waals surface area contributed by atoms with Gasteiger partial charge in [0.1, 0.15) is 5.75 Å². The zero-order valence-electron chi connectivity index (χ0n) is 21.0. The van der Waals surface area contributed by atoms with Gasteiger partial charge >= 0.3 is 5.97 Å². The van der Waals surface area contributed by atoms with E-state index in [1.807, 2.05) is 6.07 Å². The van der Waals surface area contributed by atoms with Crippen molar-refractivity contribution in [2.45, 2.75) is 110 Å². The summed E-state index contributed by atoms with van der Waals surface area (Å²) in [5, 5.41) is 19.0. The van der Waals surface area contributed by atoms with Crippen molar-refractivity contribution in [1.29, 1.82) is 0 Å². The largest absolute Gasteiger partial charge is 0.508 e. The average molecular weight is 453 g/mol. The zero-order chi connectivity index (χ0) is 24.1. The number of hydrogen-bond donors (Lipinski definition) is 4. The van der Waals surface area contributed by atoms with Crippen molar-refractivity contribution in [1.82, 2.24) is 5.32 Å². The molecule has 5 heteroatoms. The van der Waals surface area contributed by atoms with Crippen molar-refractivity contribution in [3.63, 3.8) is 0 Å². The number of aromatic hydroxyl groups is 1. The van der Waals surface area contributed by atoms with E-state index in [0.717, 1.165) is 6.54 Å². The second-order valence-corrected chi connectivity index (χ2v) is 8.35. The summed E-state index contributed by atoms with van der Waals surface area (Å²) in [5.41, 5.74) is 5.48. The highest BCUT2D eigenvalue weighted by molar-refractivity contribution is 5.68. The van der Waals surface area contributed by atoms with Crippen molar-refractivity contribution in [2.75, 3.05) is 20.1 Å². The van der Waals surface area contributed by atoms with Crippen LogP contribution in [0.15, 0.2) is 30.3 Å². The molecule has 0 aliphatic heterocycles. The Balaban J connectivity index is 0. The van der Waals surface area contributed by atoms with Gasteiger partial charge < -0.3 is 21.3 Å². The molecule has 0 spiro atoms. The third kappa shape index (κ3) is 33.1. The molecule has 0 heterocycles. The highest BCUT2D eigenvalue weighted by atomic mass is 16.4. The molecule has 5 N–H and O–H groups in total. The number of para-hydroxylation sites is 1. The first-order valence-electron chi connectivity index (χ1n) is 12.9. The number of carboxylic acids is 1. The van der Waals surface area contributed by atoms with Crippen molar-refractivity contribution in [2.24, 2.45) is 5.73 Å². The summed E-state index contributed by atoms with van der Waals surface area (Å²) in [6, 6.07) is 8.71. The molecule has 0 unspecified atom stereocenters. The van der Waals surface area contributed by atoms with Gasteiger partial charge in [-0.25, -0.2) is 0 Å². The number of nitrogens with two attached hydrogens (primary N) is 1. The minimum atomic E-state index is -0.822. The highest BCUT2D eigenvalue weighted by Gasteiger charge is 1.94. The minimum absolute atomic E-state index is 0.0417. The summed E-state index contributed by atoms with van der Waals surface area (Å²) in [7, 11) is 1.59. The van der Waals surface area contributed by atoms with Crippen LogP contribution in [0.3, 0.4) is 0 Å². The first-order chi connectivity index (χ1) is 15.6. The maximum absolute atomic E-state index is 9.54. The maximum atomic E-state index is 9.54. The van der Waals surface area contributed by atoms with Gasteiger partial charge in [0, 0.05) is 0 Å². The summed E-state index contributed by atoms with van der Waals surface area (Å²) < 4.78 is 0. The van der Waals surface area contributed by atoms with Crippen LogP contribution < -0.4 is 11.1 Å². The number of phenols is 1. The summed E-state index contributed by atoms with van der Waals surface area (Å²) in [4.78, 5) is 9.54. The van der Waals surface area contributed by atoms with Crippen LogP contribution in [0.5, 0.6) is 5.75 Å². The molecule has 1 aromatic carbocycles. The molecule has 0 aromatic heterocycles. The predicted octanol–water partition coefficient (Wildman–Crippen LogP) is 6.89. The fourth-order valence-electron chi connectivity index (χ4n) is 3.27. The van der Waals surface area contributed by atoms with Crippen LogP contribution in [-0.4, -0.2) is 36.3 Å². The summed E-state index contributed by atoms with van der Waals surface area (Å²) in [5.74, 6) is -0.500. The first-order valence-corrected chi connectivity index (χ1v) is 12.9. The fourth-order valence-corrected chi connectivity index (χ4v) is 3.27. The van der Waals surface area contributed by atoms with E-state index in [2.05, 4.69) is 12.2 Å². The van der Waals surface area contributed by atoms with Crippen LogP contribution in [0.1, 0.15) is 110 Å². The van der Waals surface area contributed by atoms with E-state index in [4.69, 9.17) is 15.9 Å². The van der Waals surface area contributed by atoms with Gasteiger partial charge in [-0.15, -0.1) is 0 Å². The van der Waals surface area contributed by atoms with Crippen LogP contribution in [0, 0.1) is 0 Å². The van der Waals surface area contributed by atoms with Gasteiger partial charge in [0.05, 0.1) is 6.54 Å². The smallest absolute Gasteiger partial charge is 0.317 e. The van der Waals surface area contributed by atoms with Gasteiger partial charge in [-0.1, -0.05) is 121 Å². The first kappa shape index (κ1) is 32.6. The van der Waals surface area contributed by atoms with Crippen LogP contribution in [-0.2, 0) is 4.79 Å². The molecule has 0 atom stereocenters. The Kier molecular flexibility index (Phi) is 30.0. The summed E-state index contributed by atoms with van der Waals surface area (Å²) >= 11 is 0. The van der Waals surface area contributed by atoms with Gasteiger partial charge in [-0.2, -0.15) is 0 Å². The molecule has 0 fully saturated rings. The number of nitrogens with one attached hydrogen (secondary N) is 1. The standard InChI is InChI=1S/C18H39N.C6H6O.C3H7NO2/c1-2-3-4-5-6-7-8-9-10-11-12-13-14-15-16-17-18-19;7-6-4-2-1-3-5-6;1-4-2-3(5)6/h2-19H2,1H3;1-5,7H;4H,2H2,1H3,(H,5,6). The molecule has 1 aromatic rings. The molecular formula is C27H52N2O3. The van der Waals surface area contributed by atoms with Crippen molar-refractivity contribution in [3.05, 3.63) is 30.3 Å². The van der Waals surface area contributed by atoms with Gasteiger partial charge in [-0.05, 0) is 32.1 Å². The number of unbranched alkanes of at least 4 members (excludes halogenated alkanes) is 15. The maximum Gasteiger partial charge on any atom is 0.317 e. The Labute approximate surface area is 198 Å². The Morgan fingerprint density at radius 2 is 1.12 bits per heavy atom. The second kappa shape index (κ2) is 29.4. The molecule has 5 nitrogen and oxygen atoms in total. The van der Waals surface area contributed by atoms with E-state index in [0.29, 0.717) is 5.75 Å². The van der Waals surface area contributed by atoms with Crippen LogP contribution in [0.25, 0.3) is 0 Å². The Hall–Kier alpha value is -1.59. The number of carbonyl (C=O) groups is 1. The van der Waals surface area contributed by atoms with E-state index in [-0.39, 0.29) is 6.54 Å². The van der Waals surface area contributed by atoms with Crippen LogP contribution in [0.2, 0.25) is 0 Å². The van der Waals surface area contributed by atoms with Crippen LogP contribution >= 0.6 is 0 Å². The van der Waals surface area contributed by atoms with Gasteiger partial charge in [0.25, 0.3) is 0 Å². The number of benzene rings is 1. The Bertz CT molecular complexity index is 453. The number of hydrogen-bond acceptors (Lipinski definition) is 4. The molecule has 0 amide bonds. The number of carboxylic acid groups (broad SMARTS) is 1. The van der Waals surface area contributed by atoms with Crippen molar-refractivity contribution < 1.29 is 15.0 Å². The molecule has 0 saturated heterocycles. The molecule has 0 aliphatic rings. The molecular weight excluding hydrogens is 400 g/mol. The lowest BCUT2D eigenvalue weighted by atomic mass is 10.0. The molecule has 0 bridgehead atoms.